The number of nitrogens with one attached hydrogen (secondary N) is 2. The van der Waals surface area contributed by atoms with E-state index in [4.69, 9.17) is 4.84 Å². The van der Waals surface area contributed by atoms with Gasteiger partial charge in [-0.25, -0.2) is 0 Å². The van der Waals surface area contributed by atoms with Gasteiger partial charge in [0.25, 0.3) is 5.91 Å². The number of amides is 2. The van der Waals surface area contributed by atoms with Gasteiger partial charge in [-0.1, -0.05) is 41.6 Å². The van der Waals surface area contributed by atoms with Crippen molar-refractivity contribution in [2.75, 3.05) is 32.1 Å². The number of likely N-dealkylation sites (tertiary alicyclic amines) is 1. The molecule has 2 heterocycles. The topological polar surface area (TPSA) is 95.9 Å². The monoisotopic (exact) mass is 457 g/mol. The standard InChI is InChI=1S/C26H27N5O3/c1-34-30-22-17-24(25(32)29-16-15-27-21-7-3-2-4-8-21)31(18-22)26(33)20-12-10-19(11-13-20)23-9-5-6-14-28-23/h2-14,24,27H,15-18H2,1H3,(H,29,32)/b30-22-/t24-/m0/s1. The molecule has 1 atom stereocenters. The van der Waals surface area contributed by atoms with Crippen LogP contribution < -0.4 is 10.6 Å². The van der Waals surface area contributed by atoms with Gasteiger partial charge in [-0.3, -0.25) is 14.6 Å². The van der Waals surface area contributed by atoms with E-state index in [1.54, 1.807) is 23.2 Å². The Labute approximate surface area is 198 Å². The number of benzene rings is 2. The largest absolute Gasteiger partial charge is 0.399 e. The molecule has 2 N–H and O–H groups in total. The minimum atomic E-state index is -0.645. The molecule has 0 radical (unpaired) electrons. The lowest BCUT2D eigenvalue weighted by molar-refractivity contribution is -0.124. The van der Waals surface area contributed by atoms with E-state index in [1.807, 2.05) is 60.7 Å². The van der Waals surface area contributed by atoms with Crippen LogP contribution in [0, 0.1) is 0 Å². The fourth-order valence-corrected chi connectivity index (χ4v) is 3.90. The van der Waals surface area contributed by atoms with Crippen LogP contribution in [-0.2, 0) is 9.63 Å². The molecule has 174 valence electrons. The van der Waals surface area contributed by atoms with E-state index in [-0.39, 0.29) is 18.4 Å². The summed E-state index contributed by atoms with van der Waals surface area (Å²) in [7, 11) is 1.46. The van der Waals surface area contributed by atoms with Gasteiger partial charge < -0.3 is 20.4 Å². The predicted octanol–water partition coefficient (Wildman–Crippen LogP) is 3.19. The van der Waals surface area contributed by atoms with E-state index in [9.17, 15) is 9.59 Å². The molecule has 0 bridgehead atoms. The third kappa shape index (κ3) is 5.58. The summed E-state index contributed by atoms with van der Waals surface area (Å²) >= 11 is 0. The highest BCUT2D eigenvalue weighted by molar-refractivity contribution is 6.05. The molecule has 1 aliphatic heterocycles. The van der Waals surface area contributed by atoms with Crippen molar-refractivity contribution in [2.24, 2.45) is 5.16 Å². The van der Waals surface area contributed by atoms with Gasteiger partial charge >= 0.3 is 0 Å². The van der Waals surface area contributed by atoms with Crippen molar-refractivity contribution in [3.63, 3.8) is 0 Å². The minimum Gasteiger partial charge on any atom is -0.399 e. The molecule has 2 amide bonds. The maximum atomic E-state index is 13.3. The third-order valence-corrected chi connectivity index (χ3v) is 5.56. The Balaban J connectivity index is 1.41. The van der Waals surface area contributed by atoms with Gasteiger partial charge in [0, 0.05) is 42.5 Å². The SMILES string of the molecule is CO/N=C1/C[C@@H](C(=O)NCCNc2ccccc2)N(C(=O)c2ccc(-c3ccccn3)cc2)C1. The van der Waals surface area contributed by atoms with Crippen molar-refractivity contribution in [2.45, 2.75) is 12.5 Å². The minimum absolute atomic E-state index is 0.213. The van der Waals surface area contributed by atoms with E-state index < -0.39 is 6.04 Å². The molecule has 1 fully saturated rings. The predicted molar refractivity (Wildman–Crippen MR) is 131 cm³/mol. The number of anilines is 1. The molecule has 0 spiro atoms. The molecule has 0 aliphatic carbocycles. The van der Waals surface area contributed by atoms with Crippen LogP contribution in [0.2, 0.25) is 0 Å². The second-order valence-electron chi connectivity index (χ2n) is 7.87. The number of para-hydroxylation sites is 1. The average molecular weight is 458 g/mol. The lowest BCUT2D eigenvalue weighted by Gasteiger charge is -2.23. The summed E-state index contributed by atoms with van der Waals surface area (Å²) in [6, 6.07) is 22.1. The van der Waals surface area contributed by atoms with E-state index in [1.165, 1.54) is 7.11 Å². The van der Waals surface area contributed by atoms with Gasteiger partial charge in [0.05, 0.1) is 18.0 Å². The fraction of sp³-hybridized carbons (Fsp3) is 0.231. The summed E-state index contributed by atoms with van der Waals surface area (Å²) in [6.45, 7) is 1.25. The van der Waals surface area contributed by atoms with E-state index >= 15 is 0 Å². The molecule has 0 saturated carbocycles. The van der Waals surface area contributed by atoms with Crippen LogP contribution in [0.3, 0.4) is 0 Å². The lowest BCUT2D eigenvalue weighted by atomic mass is 10.1. The maximum Gasteiger partial charge on any atom is 0.254 e. The Morgan fingerprint density at radius 3 is 2.50 bits per heavy atom. The Morgan fingerprint density at radius 2 is 1.79 bits per heavy atom. The number of rotatable bonds is 8. The first-order valence-electron chi connectivity index (χ1n) is 11.1. The molecule has 34 heavy (non-hydrogen) atoms. The Hall–Kier alpha value is -4.20. The Kier molecular flexibility index (Phi) is 7.49. The smallest absolute Gasteiger partial charge is 0.254 e. The van der Waals surface area contributed by atoms with E-state index in [2.05, 4.69) is 20.8 Å². The quantitative estimate of drug-likeness (QED) is 0.400. The number of hydrogen-bond donors (Lipinski definition) is 2. The number of pyridine rings is 1. The van der Waals surface area contributed by atoms with Crippen molar-refractivity contribution in [1.29, 1.82) is 0 Å². The molecular weight excluding hydrogens is 430 g/mol. The summed E-state index contributed by atoms with van der Waals surface area (Å²) in [5.41, 5.74) is 3.89. The molecule has 1 saturated heterocycles. The van der Waals surface area contributed by atoms with Crippen LogP contribution in [0.1, 0.15) is 16.8 Å². The number of carbonyl (C=O) groups is 2. The van der Waals surface area contributed by atoms with Crippen molar-refractivity contribution in [3.05, 3.63) is 84.6 Å². The molecule has 1 aromatic heterocycles. The van der Waals surface area contributed by atoms with Gasteiger partial charge in [-0.05, 0) is 36.4 Å². The molecule has 4 rings (SSSR count). The van der Waals surface area contributed by atoms with Crippen molar-refractivity contribution in [3.8, 4) is 11.3 Å². The summed E-state index contributed by atoms with van der Waals surface area (Å²) in [6.07, 6.45) is 2.07. The molecule has 0 unspecified atom stereocenters. The van der Waals surface area contributed by atoms with Crippen LogP contribution >= 0.6 is 0 Å². The summed E-state index contributed by atoms with van der Waals surface area (Å²) in [5, 5.41) is 10.2. The number of carbonyl (C=O) groups excluding carboxylic acids is 2. The van der Waals surface area contributed by atoms with Crippen molar-refractivity contribution >= 4 is 23.2 Å². The highest BCUT2D eigenvalue weighted by atomic mass is 16.6. The summed E-state index contributed by atoms with van der Waals surface area (Å²) < 4.78 is 0. The van der Waals surface area contributed by atoms with E-state index in [0.717, 1.165) is 16.9 Å². The third-order valence-electron chi connectivity index (χ3n) is 5.56. The van der Waals surface area contributed by atoms with Crippen molar-refractivity contribution < 1.29 is 14.4 Å². The average Bonchev–Trinajstić information content (AvgIpc) is 3.31. The number of aromatic nitrogens is 1. The normalized spacial score (nSPS) is 16.3. The first-order valence-corrected chi connectivity index (χ1v) is 11.1. The van der Waals surface area contributed by atoms with Gasteiger partial charge in [-0.2, -0.15) is 0 Å². The van der Waals surface area contributed by atoms with Crippen LogP contribution in [0.5, 0.6) is 0 Å². The fourth-order valence-electron chi connectivity index (χ4n) is 3.90. The summed E-state index contributed by atoms with van der Waals surface area (Å²) in [5.74, 6) is -0.439. The zero-order chi connectivity index (χ0) is 23.8. The Morgan fingerprint density at radius 1 is 1.03 bits per heavy atom. The number of oxime groups is 1. The van der Waals surface area contributed by atoms with Crippen LogP contribution in [0.4, 0.5) is 5.69 Å². The highest BCUT2D eigenvalue weighted by Gasteiger charge is 2.38. The van der Waals surface area contributed by atoms with Gasteiger partial charge in [0.15, 0.2) is 0 Å². The molecule has 8 nitrogen and oxygen atoms in total. The second-order valence-corrected chi connectivity index (χ2v) is 7.87. The Bertz CT molecular complexity index is 1130. The summed E-state index contributed by atoms with van der Waals surface area (Å²) in [4.78, 5) is 37.0. The molecule has 3 aromatic rings. The molecular formula is C26H27N5O3. The maximum absolute atomic E-state index is 13.3. The lowest BCUT2D eigenvalue weighted by Crippen LogP contribution is -2.46. The zero-order valence-corrected chi connectivity index (χ0v) is 19.0. The van der Waals surface area contributed by atoms with E-state index in [0.29, 0.717) is 30.8 Å². The first-order chi connectivity index (χ1) is 16.7. The van der Waals surface area contributed by atoms with Gasteiger partial charge in [0.1, 0.15) is 13.2 Å². The number of nitrogens with zero attached hydrogens (tertiary/aromatic N) is 3. The number of hydrogen-bond acceptors (Lipinski definition) is 6. The zero-order valence-electron chi connectivity index (χ0n) is 19.0. The first kappa shape index (κ1) is 23.0. The molecule has 8 heteroatoms. The van der Waals surface area contributed by atoms with Crippen LogP contribution in [-0.4, -0.2) is 60.2 Å². The van der Waals surface area contributed by atoms with Crippen LogP contribution in [0.25, 0.3) is 11.3 Å². The van der Waals surface area contributed by atoms with Crippen molar-refractivity contribution in [1.82, 2.24) is 15.2 Å². The highest BCUT2D eigenvalue weighted by Crippen LogP contribution is 2.22. The van der Waals surface area contributed by atoms with Gasteiger partial charge in [-0.15, -0.1) is 0 Å². The molecule has 2 aromatic carbocycles. The van der Waals surface area contributed by atoms with Crippen LogP contribution in [0.15, 0.2) is 84.1 Å². The molecule has 1 aliphatic rings. The second kappa shape index (κ2) is 11.1. The van der Waals surface area contributed by atoms with Gasteiger partial charge in [0.2, 0.25) is 5.91 Å².